The summed E-state index contributed by atoms with van der Waals surface area (Å²) in [5, 5.41) is 4.10. The Balaban J connectivity index is 1.20. The van der Waals surface area contributed by atoms with Crippen molar-refractivity contribution < 1.29 is 14.1 Å². The molecular formula is C23H31N5O3. The van der Waals surface area contributed by atoms with Gasteiger partial charge in [0.1, 0.15) is 6.04 Å². The maximum atomic E-state index is 12.8. The number of benzene rings is 1. The molecule has 0 bridgehead atoms. The third-order valence-corrected chi connectivity index (χ3v) is 6.27. The third-order valence-electron chi connectivity index (χ3n) is 6.27. The lowest BCUT2D eigenvalue weighted by Gasteiger charge is -2.37. The fourth-order valence-electron chi connectivity index (χ4n) is 4.43. The van der Waals surface area contributed by atoms with Gasteiger partial charge in [0.15, 0.2) is 0 Å². The van der Waals surface area contributed by atoms with Gasteiger partial charge in [0, 0.05) is 51.6 Å². The second-order valence-electron chi connectivity index (χ2n) is 8.52. The van der Waals surface area contributed by atoms with Crippen LogP contribution in [0.4, 0.5) is 0 Å². The number of nitrogens with zero attached hydrogens (tertiary/aromatic N) is 5. The average Bonchev–Trinajstić information content (AvgIpc) is 3.44. The normalized spacial score (nSPS) is 19.7. The molecule has 8 heteroatoms. The molecule has 0 aliphatic carbocycles. The molecule has 1 unspecified atom stereocenters. The van der Waals surface area contributed by atoms with Crippen LogP contribution in [0.3, 0.4) is 0 Å². The molecule has 0 saturated carbocycles. The van der Waals surface area contributed by atoms with Gasteiger partial charge >= 0.3 is 0 Å². The molecule has 0 N–H and O–H groups in total. The van der Waals surface area contributed by atoms with Gasteiger partial charge in [0.2, 0.25) is 23.5 Å². The van der Waals surface area contributed by atoms with Gasteiger partial charge in [-0.25, -0.2) is 0 Å². The zero-order valence-corrected chi connectivity index (χ0v) is 18.4. The molecule has 0 spiro atoms. The largest absolute Gasteiger partial charge is 0.339 e. The van der Waals surface area contributed by atoms with Crippen LogP contribution < -0.4 is 0 Å². The minimum atomic E-state index is -0.260. The molecule has 1 atom stereocenters. The minimum absolute atomic E-state index is 0.000969. The Labute approximate surface area is 183 Å². The van der Waals surface area contributed by atoms with Gasteiger partial charge in [-0.05, 0) is 32.7 Å². The summed E-state index contributed by atoms with van der Waals surface area (Å²) < 4.78 is 5.41. The van der Waals surface area contributed by atoms with Crippen LogP contribution in [0.15, 0.2) is 28.8 Å². The number of piperazine rings is 1. The summed E-state index contributed by atoms with van der Waals surface area (Å²) in [4.78, 5) is 35.1. The van der Waals surface area contributed by atoms with E-state index >= 15 is 0 Å². The molecule has 1 aromatic carbocycles. The number of hydrogen-bond donors (Lipinski definition) is 0. The van der Waals surface area contributed by atoms with Crippen LogP contribution >= 0.6 is 0 Å². The van der Waals surface area contributed by atoms with Gasteiger partial charge in [-0.3, -0.25) is 14.5 Å². The molecule has 4 rings (SSSR count). The van der Waals surface area contributed by atoms with Crippen LogP contribution in [0.25, 0.3) is 11.4 Å². The first-order valence-electron chi connectivity index (χ1n) is 11.2. The summed E-state index contributed by atoms with van der Waals surface area (Å²) in [5.74, 6) is 1.41. The number of aryl methyl sites for hydroxylation is 2. The van der Waals surface area contributed by atoms with E-state index in [0.29, 0.717) is 18.3 Å². The molecule has 2 aliphatic rings. The summed E-state index contributed by atoms with van der Waals surface area (Å²) in [6, 6.07) is 7.84. The standard InChI is InChI=1S/C23H31N5O3/c1-17-7-9-19(10-8-17)22-24-21(31-25-22)6-4-11-26-13-15-27(16-14-26)23(30)20-5-3-12-28(20)18(2)29/h7-10,20H,3-6,11-16H2,1-2H3. The van der Waals surface area contributed by atoms with E-state index in [4.69, 9.17) is 4.52 Å². The number of hydrogen-bond acceptors (Lipinski definition) is 6. The fourth-order valence-corrected chi connectivity index (χ4v) is 4.43. The summed E-state index contributed by atoms with van der Waals surface area (Å²) in [6.07, 6.45) is 3.38. The summed E-state index contributed by atoms with van der Waals surface area (Å²) in [7, 11) is 0. The maximum absolute atomic E-state index is 12.8. The van der Waals surface area contributed by atoms with Crippen molar-refractivity contribution in [3.63, 3.8) is 0 Å². The SMILES string of the molecule is CC(=O)N1CCCC1C(=O)N1CCN(CCCc2nc(-c3ccc(C)cc3)no2)CC1. The molecule has 2 saturated heterocycles. The molecule has 2 amide bonds. The Bertz CT molecular complexity index is 902. The highest BCUT2D eigenvalue weighted by atomic mass is 16.5. The average molecular weight is 426 g/mol. The van der Waals surface area contributed by atoms with Gasteiger partial charge in [-0.15, -0.1) is 0 Å². The van der Waals surface area contributed by atoms with Crippen LogP contribution in [-0.2, 0) is 16.0 Å². The molecule has 1 aromatic heterocycles. The molecule has 0 radical (unpaired) electrons. The van der Waals surface area contributed by atoms with E-state index in [1.54, 1.807) is 11.8 Å². The topological polar surface area (TPSA) is 82.8 Å². The Kier molecular flexibility index (Phi) is 6.65. The van der Waals surface area contributed by atoms with Crippen molar-refractivity contribution in [2.45, 2.75) is 45.6 Å². The molecule has 2 aromatic rings. The molecule has 2 aliphatic heterocycles. The predicted octanol–water partition coefficient (Wildman–Crippen LogP) is 2.13. The molecule has 31 heavy (non-hydrogen) atoms. The lowest BCUT2D eigenvalue weighted by atomic mass is 10.1. The van der Waals surface area contributed by atoms with Gasteiger partial charge in [0.25, 0.3) is 0 Å². The maximum Gasteiger partial charge on any atom is 0.245 e. The number of amides is 2. The van der Waals surface area contributed by atoms with Crippen molar-refractivity contribution in [3.8, 4) is 11.4 Å². The number of carbonyl (C=O) groups is 2. The lowest BCUT2D eigenvalue weighted by molar-refractivity contribution is -0.144. The van der Waals surface area contributed by atoms with Gasteiger partial charge in [0.05, 0.1) is 0 Å². The molecule has 2 fully saturated rings. The highest BCUT2D eigenvalue weighted by molar-refractivity contribution is 5.87. The highest BCUT2D eigenvalue weighted by Gasteiger charge is 2.35. The number of likely N-dealkylation sites (tertiary alicyclic amines) is 1. The first-order valence-corrected chi connectivity index (χ1v) is 11.2. The van der Waals surface area contributed by atoms with E-state index in [1.807, 2.05) is 29.2 Å². The van der Waals surface area contributed by atoms with E-state index in [9.17, 15) is 9.59 Å². The summed E-state index contributed by atoms with van der Waals surface area (Å²) in [5.41, 5.74) is 2.17. The molecule has 166 valence electrons. The van der Waals surface area contributed by atoms with Crippen molar-refractivity contribution in [3.05, 3.63) is 35.7 Å². The smallest absolute Gasteiger partial charge is 0.245 e. The van der Waals surface area contributed by atoms with Crippen molar-refractivity contribution in [2.75, 3.05) is 39.3 Å². The Morgan fingerprint density at radius 3 is 2.55 bits per heavy atom. The fraction of sp³-hybridized carbons (Fsp3) is 0.565. The van der Waals surface area contributed by atoms with Gasteiger partial charge in [-0.2, -0.15) is 4.98 Å². The number of aromatic nitrogens is 2. The monoisotopic (exact) mass is 425 g/mol. The quantitative estimate of drug-likeness (QED) is 0.705. The third kappa shape index (κ3) is 5.12. The van der Waals surface area contributed by atoms with E-state index < -0.39 is 0 Å². The van der Waals surface area contributed by atoms with Crippen molar-refractivity contribution in [1.29, 1.82) is 0 Å². The Morgan fingerprint density at radius 2 is 1.84 bits per heavy atom. The van der Waals surface area contributed by atoms with Crippen molar-refractivity contribution >= 4 is 11.8 Å². The predicted molar refractivity (Wildman–Crippen MR) is 116 cm³/mol. The lowest BCUT2D eigenvalue weighted by Crippen LogP contribution is -2.54. The highest BCUT2D eigenvalue weighted by Crippen LogP contribution is 2.21. The second kappa shape index (κ2) is 9.60. The molecule has 3 heterocycles. The summed E-state index contributed by atoms with van der Waals surface area (Å²) in [6.45, 7) is 8.40. The first kappa shape index (κ1) is 21.5. The van der Waals surface area contributed by atoms with Crippen LogP contribution in [0.5, 0.6) is 0 Å². The first-order chi connectivity index (χ1) is 15.0. The molecular weight excluding hydrogens is 394 g/mol. The van der Waals surface area contributed by atoms with Gasteiger partial charge < -0.3 is 14.3 Å². The van der Waals surface area contributed by atoms with Crippen LogP contribution in [-0.4, -0.2) is 82.0 Å². The Morgan fingerprint density at radius 1 is 1.10 bits per heavy atom. The Hall–Kier alpha value is -2.74. The van der Waals surface area contributed by atoms with Crippen molar-refractivity contribution in [2.24, 2.45) is 0 Å². The van der Waals surface area contributed by atoms with Crippen LogP contribution in [0.1, 0.15) is 37.6 Å². The zero-order valence-electron chi connectivity index (χ0n) is 18.4. The number of rotatable bonds is 6. The van der Waals surface area contributed by atoms with Crippen LogP contribution in [0, 0.1) is 6.92 Å². The van der Waals surface area contributed by atoms with E-state index in [-0.39, 0.29) is 17.9 Å². The van der Waals surface area contributed by atoms with E-state index in [2.05, 4.69) is 22.0 Å². The van der Waals surface area contributed by atoms with E-state index in [0.717, 1.165) is 64.0 Å². The minimum Gasteiger partial charge on any atom is -0.339 e. The van der Waals surface area contributed by atoms with Crippen LogP contribution in [0.2, 0.25) is 0 Å². The summed E-state index contributed by atoms with van der Waals surface area (Å²) >= 11 is 0. The number of carbonyl (C=O) groups excluding carboxylic acids is 2. The van der Waals surface area contributed by atoms with E-state index in [1.165, 1.54) is 5.56 Å². The second-order valence-corrected chi connectivity index (χ2v) is 8.52. The van der Waals surface area contributed by atoms with Gasteiger partial charge in [-0.1, -0.05) is 35.0 Å². The van der Waals surface area contributed by atoms with Crippen molar-refractivity contribution in [1.82, 2.24) is 24.8 Å². The zero-order chi connectivity index (χ0) is 21.8. The molecule has 8 nitrogen and oxygen atoms in total.